The zero-order valence-electron chi connectivity index (χ0n) is 7.33. The number of phenolic OH excluding ortho intramolecular Hbond substituents is 1. The van der Waals surface area contributed by atoms with Crippen LogP contribution >= 0.6 is 0 Å². The van der Waals surface area contributed by atoms with Gasteiger partial charge in [-0.05, 0) is 12.1 Å². The maximum Gasteiger partial charge on any atom is 0.127 e. The van der Waals surface area contributed by atoms with Gasteiger partial charge in [0.25, 0.3) is 0 Å². The molecule has 0 bridgehead atoms. The molecule has 0 aliphatic heterocycles. The van der Waals surface area contributed by atoms with Crippen LogP contribution in [0, 0.1) is 0 Å². The van der Waals surface area contributed by atoms with Crippen LogP contribution in [0.4, 0.5) is 4.39 Å². The molecule has 0 aliphatic rings. The Labute approximate surface area is 75.9 Å². The quantitative estimate of drug-likeness (QED) is 0.747. The van der Waals surface area contributed by atoms with Crippen molar-refractivity contribution in [3.8, 4) is 11.5 Å². The second kappa shape index (κ2) is 4.09. The number of rotatable bonds is 3. The minimum atomic E-state index is -0.837. The third-order valence-corrected chi connectivity index (χ3v) is 1.80. The lowest BCUT2D eigenvalue weighted by Crippen LogP contribution is -2.13. The highest BCUT2D eigenvalue weighted by molar-refractivity contribution is 5.45. The van der Waals surface area contributed by atoms with Gasteiger partial charge in [0.15, 0.2) is 0 Å². The van der Waals surface area contributed by atoms with Crippen molar-refractivity contribution in [3.63, 3.8) is 0 Å². The van der Waals surface area contributed by atoms with Crippen molar-refractivity contribution in [1.29, 1.82) is 0 Å². The summed E-state index contributed by atoms with van der Waals surface area (Å²) in [5.41, 5.74) is 5.77. The lowest BCUT2D eigenvalue weighted by atomic mass is 10.1. The molecule has 0 spiro atoms. The molecule has 3 N–H and O–H groups in total. The van der Waals surface area contributed by atoms with E-state index in [2.05, 4.69) is 0 Å². The molecule has 0 unspecified atom stereocenters. The highest BCUT2D eigenvalue weighted by atomic mass is 19.1. The van der Waals surface area contributed by atoms with Crippen LogP contribution in [0.5, 0.6) is 11.5 Å². The van der Waals surface area contributed by atoms with Gasteiger partial charge in [0, 0.05) is 0 Å². The number of nitrogens with two attached hydrogens (primary N) is 1. The number of hydrogen-bond acceptors (Lipinski definition) is 3. The van der Waals surface area contributed by atoms with Crippen molar-refractivity contribution < 1.29 is 14.2 Å². The molecule has 0 aliphatic carbocycles. The maximum absolute atomic E-state index is 12.3. The Kier molecular flexibility index (Phi) is 3.08. The first-order chi connectivity index (χ1) is 6.20. The molecule has 72 valence electrons. The van der Waals surface area contributed by atoms with Gasteiger partial charge in [0.1, 0.15) is 18.2 Å². The molecule has 0 aromatic heterocycles. The number of benzene rings is 1. The Hall–Kier alpha value is -1.29. The van der Waals surface area contributed by atoms with Crippen LogP contribution in [0.15, 0.2) is 18.2 Å². The third-order valence-electron chi connectivity index (χ3n) is 1.80. The first kappa shape index (κ1) is 9.80. The van der Waals surface area contributed by atoms with Gasteiger partial charge in [-0.15, -0.1) is 0 Å². The first-order valence-corrected chi connectivity index (χ1v) is 3.88. The van der Waals surface area contributed by atoms with E-state index in [0.29, 0.717) is 11.3 Å². The molecule has 0 saturated carbocycles. The number of phenols is 1. The minimum Gasteiger partial charge on any atom is -0.507 e. The fourth-order valence-electron chi connectivity index (χ4n) is 1.16. The molecule has 0 heterocycles. The predicted molar refractivity (Wildman–Crippen MR) is 47.6 cm³/mol. The molecule has 1 aromatic rings. The minimum absolute atomic E-state index is 0.0375. The Morgan fingerprint density at radius 2 is 2.31 bits per heavy atom. The molecule has 3 nitrogen and oxygen atoms in total. The number of hydrogen-bond donors (Lipinski definition) is 2. The standard InChI is InChI=1S/C9H12FNO2/c1-13-8-4-2-3-7(12)9(8)6(11)5-10/h2-4,6,12H,5,11H2,1H3/t6-/m1/s1. The van der Waals surface area contributed by atoms with E-state index in [1.54, 1.807) is 12.1 Å². The van der Waals surface area contributed by atoms with Crippen LogP contribution in [0.3, 0.4) is 0 Å². The number of ether oxygens (including phenoxy) is 1. The van der Waals surface area contributed by atoms with Crippen molar-refractivity contribution in [2.75, 3.05) is 13.8 Å². The highest BCUT2D eigenvalue weighted by Gasteiger charge is 2.15. The van der Waals surface area contributed by atoms with E-state index >= 15 is 0 Å². The fourth-order valence-corrected chi connectivity index (χ4v) is 1.16. The van der Waals surface area contributed by atoms with Crippen LogP contribution in [-0.2, 0) is 0 Å². The maximum atomic E-state index is 12.3. The second-order valence-corrected chi connectivity index (χ2v) is 2.65. The Morgan fingerprint density at radius 1 is 1.62 bits per heavy atom. The Balaban J connectivity index is 3.14. The average molecular weight is 185 g/mol. The molecule has 13 heavy (non-hydrogen) atoms. The van der Waals surface area contributed by atoms with Gasteiger partial charge in [0.05, 0.1) is 18.7 Å². The molecular weight excluding hydrogens is 173 g/mol. The summed E-state index contributed by atoms with van der Waals surface area (Å²) >= 11 is 0. The number of halogens is 1. The van der Waals surface area contributed by atoms with E-state index in [1.807, 2.05) is 0 Å². The largest absolute Gasteiger partial charge is 0.507 e. The van der Waals surface area contributed by atoms with Crippen molar-refractivity contribution in [2.45, 2.75) is 6.04 Å². The summed E-state index contributed by atoms with van der Waals surface area (Å²) in [7, 11) is 1.45. The van der Waals surface area contributed by atoms with E-state index in [-0.39, 0.29) is 5.75 Å². The van der Waals surface area contributed by atoms with Gasteiger partial charge in [-0.25, -0.2) is 4.39 Å². The van der Waals surface area contributed by atoms with E-state index < -0.39 is 12.7 Å². The Bertz CT molecular complexity index is 291. The normalized spacial score (nSPS) is 12.5. The third kappa shape index (κ3) is 1.89. The zero-order chi connectivity index (χ0) is 9.84. The lowest BCUT2D eigenvalue weighted by Gasteiger charge is -2.13. The van der Waals surface area contributed by atoms with Crippen molar-refractivity contribution in [2.24, 2.45) is 5.73 Å². The Morgan fingerprint density at radius 3 is 2.85 bits per heavy atom. The predicted octanol–water partition coefficient (Wildman–Crippen LogP) is 1.37. The van der Waals surface area contributed by atoms with E-state index in [9.17, 15) is 9.50 Å². The summed E-state index contributed by atoms with van der Waals surface area (Å²) < 4.78 is 17.2. The van der Waals surface area contributed by atoms with Crippen molar-refractivity contribution >= 4 is 0 Å². The number of methoxy groups -OCH3 is 1. The summed E-state index contributed by atoms with van der Waals surface area (Å²) in [5.74, 6) is 0.370. The molecule has 1 atom stereocenters. The van der Waals surface area contributed by atoms with E-state index in [4.69, 9.17) is 10.5 Å². The lowest BCUT2D eigenvalue weighted by molar-refractivity contribution is 0.374. The topological polar surface area (TPSA) is 55.5 Å². The van der Waals surface area contributed by atoms with Crippen molar-refractivity contribution in [1.82, 2.24) is 0 Å². The molecule has 1 rings (SSSR count). The van der Waals surface area contributed by atoms with E-state index in [1.165, 1.54) is 13.2 Å². The molecule has 0 saturated heterocycles. The highest BCUT2D eigenvalue weighted by Crippen LogP contribution is 2.31. The van der Waals surface area contributed by atoms with Gasteiger partial charge in [-0.2, -0.15) is 0 Å². The molecule has 0 fully saturated rings. The zero-order valence-corrected chi connectivity index (χ0v) is 7.33. The van der Waals surface area contributed by atoms with E-state index in [0.717, 1.165) is 0 Å². The van der Waals surface area contributed by atoms with Gasteiger partial charge >= 0.3 is 0 Å². The molecule has 4 heteroatoms. The fraction of sp³-hybridized carbons (Fsp3) is 0.333. The first-order valence-electron chi connectivity index (χ1n) is 3.88. The number of alkyl halides is 1. The van der Waals surface area contributed by atoms with Crippen LogP contribution in [0.2, 0.25) is 0 Å². The smallest absolute Gasteiger partial charge is 0.127 e. The average Bonchev–Trinajstić information content (AvgIpc) is 2.16. The van der Waals surface area contributed by atoms with Crippen LogP contribution in [-0.4, -0.2) is 18.9 Å². The second-order valence-electron chi connectivity index (χ2n) is 2.65. The van der Waals surface area contributed by atoms with Gasteiger partial charge in [-0.1, -0.05) is 6.07 Å². The van der Waals surface area contributed by atoms with Gasteiger partial charge < -0.3 is 15.6 Å². The monoisotopic (exact) mass is 185 g/mol. The summed E-state index contributed by atoms with van der Waals surface area (Å²) in [6.45, 7) is -0.728. The summed E-state index contributed by atoms with van der Waals surface area (Å²) in [6, 6.07) is 3.86. The summed E-state index contributed by atoms with van der Waals surface area (Å²) in [5, 5.41) is 9.40. The van der Waals surface area contributed by atoms with Crippen molar-refractivity contribution in [3.05, 3.63) is 23.8 Å². The molecule has 0 radical (unpaired) electrons. The molecule has 0 amide bonds. The van der Waals surface area contributed by atoms with Crippen LogP contribution < -0.4 is 10.5 Å². The van der Waals surface area contributed by atoms with Gasteiger partial charge in [-0.3, -0.25) is 0 Å². The van der Waals surface area contributed by atoms with Gasteiger partial charge in [0.2, 0.25) is 0 Å². The molecule has 1 aromatic carbocycles. The SMILES string of the molecule is COc1cccc(O)c1[C@H](N)CF. The summed E-state index contributed by atoms with van der Waals surface area (Å²) in [4.78, 5) is 0. The van der Waals surface area contributed by atoms with Crippen LogP contribution in [0.25, 0.3) is 0 Å². The number of aromatic hydroxyl groups is 1. The summed E-state index contributed by atoms with van der Waals surface area (Å²) in [6.07, 6.45) is 0. The van der Waals surface area contributed by atoms with Crippen LogP contribution in [0.1, 0.15) is 11.6 Å². The molecular formula is C9H12FNO2.